The van der Waals surface area contributed by atoms with Gasteiger partial charge in [-0.1, -0.05) is 48.0 Å². The summed E-state index contributed by atoms with van der Waals surface area (Å²) in [6.45, 7) is 5.14. The molecule has 160 valence electrons. The van der Waals surface area contributed by atoms with Gasteiger partial charge >= 0.3 is 0 Å². The fourth-order valence-electron chi connectivity index (χ4n) is 4.31. The Kier molecular flexibility index (Phi) is 5.95. The van der Waals surface area contributed by atoms with Crippen LogP contribution in [0.2, 0.25) is 0 Å². The molecule has 0 radical (unpaired) electrons. The van der Waals surface area contributed by atoms with Crippen molar-refractivity contribution in [2.45, 2.75) is 49.8 Å². The van der Waals surface area contributed by atoms with Crippen molar-refractivity contribution in [2.24, 2.45) is 0 Å². The zero-order chi connectivity index (χ0) is 21.3. The number of nitrogens with zero attached hydrogens (tertiary/aromatic N) is 2. The van der Waals surface area contributed by atoms with E-state index in [9.17, 15) is 13.2 Å². The molecule has 2 fully saturated rings. The molecule has 0 N–H and O–H groups in total. The van der Waals surface area contributed by atoms with Crippen LogP contribution in [0, 0.1) is 6.92 Å². The molecule has 1 amide bonds. The van der Waals surface area contributed by atoms with Gasteiger partial charge in [0.1, 0.15) is 12.1 Å². The molecule has 0 aromatic heterocycles. The standard InChI is InChI=1S/C23H28N2O4S/c1-17-10-12-20(13-11-17)30(27,28)25-14-6-9-21(25)23(26)24-15-18(2)29-22(16-24)19-7-4-3-5-8-19/h3-5,7-8,10-13,18,21-22H,6,9,14-16H2,1-2H3/t18?,21-,22?/m0/s1. The molecule has 2 aromatic rings. The summed E-state index contributed by atoms with van der Waals surface area (Å²) >= 11 is 0. The first kappa shape index (κ1) is 21.0. The predicted octanol–water partition coefficient (Wildman–Crippen LogP) is 3.14. The van der Waals surface area contributed by atoms with Crippen LogP contribution in [0.1, 0.15) is 37.0 Å². The van der Waals surface area contributed by atoms with Gasteiger partial charge in [0.15, 0.2) is 0 Å². The number of sulfonamides is 1. The van der Waals surface area contributed by atoms with Crippen LogP contribution < -0.4 is 0 Å². The minimum atomic E-state index is -3.71. The quantitative estimate of drug-likeness (QED) is 0.750. The Bertz CT molecular complexity index is 992. The number of rotatable bonds is 4. The summed E-state index contributed by atoms with van der Waals surface area (Å²) in [5.74, 6) is -0.126. The molecular weight excluding hydrogens is 400 g/mol. The Labute approximate surface area is 178 Å². The third kappa shape index (κ3) is 4.15. The van der Waals surface area contributed by atoms with E-state index in [0.717, 1.165) is 11.1 Å². The minimum Gasteiger partial charge on any atom is -0.367 e. The monoisotopic (exact) mass is 428 g/mol. The van der Waals surface area contributed by atoms with E-state index in [1.54, 1.807) is 29.2 Å². The lowest BCUT2D eigenvalue weighted by molar-refractivity contribution is -0.148. The van der Waals surface area contributed by atoms with Crippen molar-refractivity contribution in [1.82, 2.24) is 9.21 Å². The molecule has 6 nitrogen and oxygen atoms in total. The molecular formula is C23H28N2O4S. The highest BCUT2D eigenvalue weighted by Crippen LogP contribution is 2.30. The van der Waals surface area contributed by atoms with Crippen molar-refractivity contribution < 1.29 is 17.9 Å². The summed E-state index contributed by atoms with van der Waals surface area (Å²) in [4.78, 5) is 15.4. The maximum absolute atomic E-state index is 13.4. The van der Waals surface area contributed by atoms with Crippen LogP contribution in [0.3, 0.4) is 0 Å². The first-order chi connectivity index (χ1) is 14.4. The lowest BCUT2D eigenvalue weighted by atomic mass is 10.1. The molecule has 7 heteroatoms. The zero-order valence-corrected chi connectivity index (χ0v) is 18.2. The Morgan fingerprint density at radius 2 is 1.73 bits per heavy atom. The normalized spacial score (nSPS) is 25.4. The number of aryl methyl sites for hydroxylation is 1. The van der Waals surface area contributed by atoms with E-state index in [0.29, 0.717) is 32.5 Å². The fraction of sp³-hybridized carbons (Fsp3) is 0.435. The molecule has 2 aromatic carbocycles. The van der Waals surface area contributed by atoms with Crippen molar-refractivity contribution in [2.75, 3.05) is 19.6 Å². The summed E-state index contributed by atoms with van der Waals surface area (Å²) in [6.07, 6.45) is 0.911. The Hall–Kier alpha value is -2.22. The van der Waals surface area contributed by atoms with Crippen molar-refractivity contribution in [3.8, 4) is 0 Å². The molecule has 0 spiro atoms. The van der Waals surface area contributed by atoms with E-state index in [4.69, 9.17) is 4.74 Å². The lowest BCUT2D eigenvalue weighted by Gasteiger charge is -2.39. The second kappa shape index (κ2) is 8.49. The van der Waals surface area contributed by atoms with Crippen molar-refractivity contribution >= 4 is 15.9 Å². The van der Waals surface area contributed by atoms with Crippen LogP contribution in [-0.4, -0.2) is 55.3 Å². The van der Waals surface area contributed by atoms with E-state index in [1.165, 1.54) is 4.31 Å². The number of hydrogen-bond donors (Lipinski definition) is 0. The van der Waals surface area contributed by atoms with Crippen LogP contribution in [-0.2, 0) is 19.6 Å². The third-order valence-corrected chi connectivity index (χ3v) is 7.78. The van der Waals surface area contributed by atoms with Gasteiger partial charge in [0.2, 0.25) is 15.9 Å². The lowest BCUT2D eigenvalue weighted by Crippen LogP contribution is -2.53. The Morgan fingerprint density at radius 1 is 1.03 bits per heavy atom. The number of amides is 1. The maximum atomic E-state index is 13.4. The summed E-state index contributed by atoms with van der Waals surface area (Å²) in [5, 5.41) is 0. The first-order valence-electron chi connectivity index (χ1n) is 10.4. The van der Waals surface area contributed by atoms with E-state index in [2.05, 4.69) is 0 Å². The summed E-state index contributed by atoms with van der Waals surface area (Å²) in [7, 11) is -3.71. The molecule has 3 atom stereocenters. The smallest absolute Gasteiger partial charge is 0.243 e. The molecule has 2 heterocycles. The van der Waals surface area contributed by atoms with E-state index in [1.807, 2.05) is 44.2 Å². The first-order valence-corrected chi connectivity index (χ1v) is 11.9. The van der Waals surface area contributed by atoms with Gasteiger partial charge in [-0.15, -0.1) is 0 Å². The molecule has 2 aliphatic heterocycles. The Morgan fingerprint density at radius 3 is 2.43 bits per heavy atom. The highest BCUT2D eigenvalue weighted by Gasteiger charge is 2.42. The van der Waals surface area contributed by atoms with Gasteiger partial charge in [-0.3, -0.25) is 4.79 Å². The number of hydrogen-bond acceptors (Lipinski definition) is 4. The molecule has 2 saturated heterocycles. The SMILES string of the molecule is Cc1ccc(S(=O)(=O)N2CCC[C@H]2C(=O)N2CC(C)OC(c3ccccc3)C2)cc1. The van der Waals surface area contributed by atoms with Crippen LogP contribution in [0.5, 0.6) is 0 Å². The van der Waals surface area contributed by atoms with E-state index < -0.39 is 16.1 Å². The van der Waals surface area contributed by atoms with Crippen LogP contribution in [0.15, 0.2) is 59.5 Å². The van der Waals surface area contributed by atoms with Gasteiger partial charge in [-0.2, -0.15) is 4.31 Å². The minimum absolute atomic E-state index is 0.114. The highest BCUT2D eigenvalue weighted by molar-refractivity contribution is 7.89. The van der Waals surface area contributed by atoms with E-state index in [-0.39, 0.29) is 23.0 Å². The molecule has 2 aliphatic rings. The van der Waals surface area contributed by atoms with Gasteiger partial charge in [-0.25, -0.2) is 8.42 Å². The van der Waals surface area contributed by atoms with Gasteiger partial charge in [0.05, 0.1) is 17.5 Å². The Balaban J connectivity index is 1.55. The molecule has 30 heavy (non-hydrogen) atoms. The van der Waals surface area contributed by atoms with Crippen LogP contribution in [0.4, 0.5) is 0 Å². The topological polar surface area (TPSA) is 66.9 Å². The molecule has 4 rings (SSSR count). The summed E-state index contributed by atoms with van der Waals surface area (Å²) < 4.78 is 33.9. The second-order valence-corrected chi connectivity index (χ2v) is 10.1. The van der Waals surface area contributed by atoms with Gasteiger partial charge < -0.3 is 9.64 Å². The van der Waals surface area contributed by atoms with Gasteiger partial charge in [0.25, 0.3) is 0 Å². The van der Waals surface area contributed by atoms with Gasteiger partial charge in [-0.05, 0) is 44.4 Å². The molecule has 0 bridgehead atoms. The number of benzene rings is 2. The summed E-state index contributed by atoms with van der Waals surface area (Å²) in [5.41, 5.74) is 2.02. The maximum Gasteiger partial charge on any atom is 0.243 e. The number of ether oxygens (including phenoxy) is 1. The van der Waals surface area contributed by atoms with Crippen molar-refractivity contribution in [3.63, 3.8) is 0 Å². The fourth-order valence-corrected chi connectivity index (χ4v) is 5.97. The van der Waals surface area contributed by atoms with E-state index >= 15 is 0 Å². The molecule has 2 unspecified atom stereocenters. The highest BCUT2D eigenvalue weighted by atomic mass is 32.2. The molecule has 0 aliphatic carbocycles. The summed E-state index contributed by atoms with van der Waals surface area (Å²) in [6, 6.07) is 16.0. The number of carbonyl (C=O) groups excluding carboxylic acids is 1. The number of morpholine rings is 1. The average Bonchev–Trinajstić information content (AvgIpc) is 3.24. The molecule has 0 saturated carbocycles. The second-order valence-electron chi connectivity index (χ2n) is 8.18. The predicted molar refractivity (Wildman–Crippen MR) is 114 cm³/mol. The van der Waals surface area contributed by atoms with Crippen LogP contribution in [0.25, 0.3) is 0 Å². The van der Waals surface area contributed by atoms with Crippen molar-refractivity contribution in [1.29, 1.82) is 0 Å². The zero-order valence-electron chi connectivity index (χ0n) is 17.4. The average molecular weight is 429 g/mol. The van der Waals surface area contributed by atoms with Crippen LogP contribution >= 0.6 is 0 Å². The largest absolute Gasteiger partial charge is 0.367 e. The number of carbonyl (C=O) groups is 1. The van der Waals surface area contributed by atoms with Crippen molar-refractivity contribution in [3.05, 3.63) is 65.7 Å². The third-order valence-electron chi connectivity index (χ3n) is 5.86. The van der Waals surface area contributed by atoms with Gasteiger partial charge in [0, 0.05) is 13.1 Å².